The van der Waals surface area contributed by atoms with Gasteiger partial charge in [0.15, 0.2) is 11.6 Å². The Morgan fingerprint density at radius 1 is 1.47 bits per heavy atom. The lowest BCUT2D eigenvalue weighted by atomic mass is 9.83. The van der Waals surface area contributed by atoms with Crippen LogP contribution in [0.5, 0.6) is 0 Å². The Balaban J connectivity index is 2.01. The number of anilines is 1. The van der Waals surface area contributed by atoms with Gasteiger partial charge in [-0.1, -0.05) is 31.4 Å². The summed E-state index contributed by atoms with van der Waals surface area (Å²) < 4.78 is 13.5. The molecule has 1 aliphatic rings. The van der Waals surface area contributed by atoms with Crippen molar-refractivity contribution < 1.29 is 4.39 Å². The van der Waals surface area contributed by atoms with Crippen molar-refractivity contribution in [2.45, 2.75) is 39.0 Å². The predicted octanol–water partition coefficient (Wildman–Crippen LogP) is 4.26. The molecule has 1 aromatic rings. The average Bonchev–Trinajstić information content (AvgIpc) is 2.77. The van der Waals surface area contributed by atoms with E-state index in [4.69, 9.17) is 11.6 Å². The lowest BCUT2D eigenvalue weighted by Crippen LogP contribution is -2.26. The van der Waals surface area contributed by atoms with E-state index in [1.807, 2.05) is 0 Å². The molecule has 17 heavy (non-hydrogen) atoms. The number of aromatic nitrogens is 1. The molecule has 0 spiro atoms. The molecular formula is C13H18ClFN2. The second-order valence-electron chi connectivity index (χ2n) is 4.90. The second-order valence-corrected chi connectivity index (χ2v) is 5.33. The van der Waals surface area contributed by atoms with Gasteiger partial charge in [-0.05, 0) is 30.7 Å². The van der Waals surface area contributed by atoms with E-state index < -0.39 is 0 Å². The van der Waals surface area contributed by atoms with Crippen molar-refractivity contribution in [1.29, 1.82) is 0 Å². The molecule has 4 heteroatoms. The first kappa shape index (κ1) is 12.6. The van der Waals surface area contributed by atoms with E-state index in [9.17, 15) is 4.39 Å². The van der Waals surface area contributed by atoms with Gasteiger partial charge in [-0.3, -0.25) is 0 Å². The summed E-state index contributed by atoms with van der Waals surface area (Å²) in [4.78, 5) is 3.99. The largest absolute Gasteiger partial charge is 0.367 e. The average molecular weight is 257 g/mol. The highest BCUT2D eigenvalue weighted by Gasteiger charge is 2.31. The van der Waals surface area contributed by atoms with Crippen LogP contribution in [-0.2, 0) is 0 Å². The van der Waals surface area contributed by atoms with Gasteiger partial charge in [-0.25, -0.2) is 9.37 Å². The van der Waals surface area contributed by atoms with Gasteiger partial charge in [0.25, 0.3) is 0 Å². The Bertz CT molecular complexity index is 389. The SMILES string of the molecule is CCC1(CNc2ncc(Cl)cc2F)CCCC1. The van der Waals surface area contributed by atoms with Crippen LogP contribution in [0.3, 0.4) is 0 Å². The summed E-state index contributed by atoms with van der Waals surface area (Å²) in [6.45, 7) is 3.01. The molecular weight excluding hydrogens is 239 g/mol. The minimum atomic E-state index is -0.373. The molecule has 1 aromatic heterocycles. The summed E-state index contributed by atoms with van der Waals surface area (Å²) in [6, 6.07) is 1.30. The monoisotopic (exact) mass is 256 g/mol. The first-order chi connectivity index (χ1) is 8.15. The van der Waals surface area contributed by atoms with Gasteiger partial charge >= 0.3 is 0 Å². The van der Waals surface area contributed by atoms with Gasteiger partial charge in [-0.2, -0.15) is 0 Å². The molecule has 1 saturated carbocycles. The Labute approximate surface area is 107 Å². The van der Waals surface area contributed by atoms with Crippen molar-refractivity contribution in [2.24, 2.45) is 5.41 Å². The van der Waals surface area contributed by atoms with E-state index in [0.29, 0.717) is 16.3 Å². The smallest absolute Gasteiger partial charge is 0.166 e. The summed E-state index contributed by atoms with van der Waals surface area (Å²) in [5.74, 6) is -0.0594. The maximum Gasteiger partial charge on any atom is 0.166 e. The maximum absolute atomic E-state index is 13.5. The van der Waals surface area contributed by atoms with Crippen molar-refractivity contribution in [3.8, 4) is 0 Å². The van der Waals surface area contributed by atoms with Crippen molar-refractivity contribution >= 4 is 17.4 Å². The number of nitrogens with zero attached hydrogens (tertiary/aromatic N) is 1. The molecule has 0 amide bonds. The van der Waals surface area contributed by atoms with Crippen LogP contribution < -0.4 is 5.32 Å². The zero-order chi connectivity index (χ0) is 12.3. The molecule has 0 aromatic carbocycles. The molecule has 1 fully saturated rings. The van der Waals surface area contributed by atoms with E-state index in [2.05, 4.69) is 17.2 Å². The molecule has 1 N–H and O–H groups in total. The van der Waals surface area contributed by atoms with Crippen LogP contribution in [0.1, 0.15) is 39.0 Å². The maximum atomic E-state index is 13.5. The van der Waals surface area contributed by atoms with Gasteiger partial charge in [-0.15, -0.1) is 0 Å². The Morgan fingerprint density at radius 3 is 2.76 bits per heavy atom. The van der Waals surface area contributed by atoms with Crippen molar-refractivity contribution in [1.82, 2.24) is 4.98 Å². The molecule has 1 heterocycles. The lowest BCUT2D eigenvalue weighted by molar-refractivity contribution is 0.306. The number of nitrogens with one attached hydrogen (secondary N) is 1. The number of halogens is 2. The van der Waals surface area contributed by atoms with E-state index in [1.165, 1.54) is 37.9 Å². The van der Waals surface area contributed by atoms with E-state index in [-0.39, 0.29) is 5.82 Å². The predicted molar refractivity (Wildman–Crippen MR) is 68.9 cm³/mol. The summed E-state index contributed by atoms with van der Waals surface area (Å²) in [7, 11) is 0. The number of hydrogen-bond acceptors (Lipinski definition) is 2. The Hall–Kier alpha value is -0.830. The minimum absolute atomic E-state index is 0.314. The molecule has 0 aliphatic heterocycles. The van der Waals surface area contributed by atoms with E-state index >= 15 is 0 Å². The van der Waals surface area contributed by atoms with Gasteiger partial charge < -0.3 is 5.32 Å². The highest BCUT2D eigenvalue weighted by Crippen LogP contribution is 2.40. The van der Waals surface area contributed by atoms with Crippen LogP contribution in [0.25, 0.3) is 0 Å². The minimum Gasteiger partial charge on any atom is -0.367 e. The molecule has 0 saturated heterocycles. The lowest BCUT2D eigenvalue weighted by Gasteiger charge is -2.27. The number of pyridine rings is 1. The fourth-order valence-electron chi connectivity index (χ4n) is 2.60. The highest BCUT2D eigenvalue weighted by molar-refractivity contribution is 6.30. The van der Waals surface area contributed by atoms with Crippen LogP contribution in [-0.4, -0.2) is 11.5 Å². The molecule has 0 atom stereocenters. The topological polar surface area (TPSA) is 24.9 Å². The van der Waals surface area contributed by atoms with Gasteiger partial charge in [0.2, 0.25) is 0 Å². The zero-order valence-electron chi connectivity index (χ0n) is 10.1. The first-order valence-electron chi connectivity index (χ1n) is 6.20. The van der Waals surface area contributed by atoms with Gasteiger partial charge in [0.05, 0.1) is 5.02 Å². The third-order valence-electron chi connectivity index (χ3n) is 3.85. The third-order valence-corrected chi connectivity index (χ3v) is 4.06. The Kier molecular flexibility index (Phi) is 3.87. The van der Waals surface area contributed by atoms with E-state index in [1.54, 1.807) is 0 Å². The Morgan fingerprint density at radius 2 is 2.18 bits per heavy atom. The highest BCUT2D eigenvalue weighted by atomic mass is 35.5. The van der Waals surface area contributed by atoms with Crippen LogP contribution in [0, 0.1) is 11.2 Å². The fourth-order valence-corrected chi connectivity index (χ4v) is 2.74. The summed E-state index contributed by atoms with van der Waals surface area (Å²) in [5.41, 5.74) is 0.327. The van der Waals surface area contributed by atoms with Gasteiger partial charge in [0.1, 0.15) is 0 Å². The van der Waals surface area contributed by atoms with Crippen LogP contribution in [0.15, 0.2) is 12.3 Å². The molecule has 0 radical (unpaired) electrons. The normalized spacial score (nSPS) is 18.3. The quantitative estimate of drug-likeness (QED) is 0.871. The number of hydrogen-bond donors (Lipinski definition) is 1. The second kappa shape index (κ2) is 5.21. The van der Waals surface area contributed by atoms with Crippen molar-refractivity contribution in [2.75, 3.05) is 11.9 Å². The molecule has 2 rings (SSSR count). The van der Waals surface area contributed by atoms with E-state index in [0.717, 1.165) is 13.0 Å². The zero-order valence-corrected chi connectivity index (χ0v) is 10.9. The number of rotatable bonds is 4. The molecule has 1 aliphatic carbocycles. The van der Waals surface area contributed by atoms with Crippen LogP contribution in [0.2, 0.25) is 5.02 Å². The third kappa shape index (κ3) is 2.89. The molecule has 0 bridgehead atoms. The molecule has 2 nitrogen and oxygen atoms in total. The summed E-state index contributed by atoms with van der Waals surface area (Å²) in [6.07, 6.45) is 7.63. The molecule has 0 unspecified atom stereocenters. The summed E-state index contributed by atoms with van der Waals surface area (Å²) in [5, 5.41) is 3.46. The standard InChI is InChI=1S/C13H18ClFN2/c1-2-13(5-3-4-6-13)9-17-12-11(15)7-10(14)8-16-12/h7-8H,2-6,9H2,1H3,(H,16,17). The van der Waals surface area contributed by atoms with Crippen LogP contribution >= 0.6 is 11.6 Å². The van der Waals surface area contributed by atoms with Crippen LogP contribution in [0.4, 0.5) is 10.2 Å². The van der Waals surface area contributed by atoms with Crippen molar-refractivity contribution in [3.05, 3.63) is 23.1 Å². The fraction of sp³-hybridized carbons (Fsp3) is 0.615. The summed E-state index contributed by atoms with van der Waals surface area (Å²) >= 11 is 5.67. The first-order valence-corrected chi connectivity index (χ1v) is 6.58. The molecule has 94 valence electrons. The van der Waals surface area contributed by atoms with Crippen molar-refractivity contribution in [3.63, 3.8) is 0 Å². The van der Waals surface area contributed by atoms with Gasteiger partial charge in [0, 0.05) is 12.7 Å².